The van der Waals surface area contributed by atoms with Crippen LogP contribution in [0.3, 0.4) is 0 Å². The van der Waals surface area contributed by atoms with E-state index in [9.17, 15) is 4.79 Å². The summed E-state index contributed by atoms with van der Waals surface area (Å²) < 4.78 is 10.3. The van der Waals surface area contributed by atoms with E-state index in [0.717, 1.165) is 32.0 Å². The first-order valence-corrected chi connectivity index (χ1v) is 7.87. The highest BCUT2D eigenvalue weighted by molar-refractivity contribution is 5.80. The fraction of sp³-hybridized carbons (Fsp3) is 0.867. The number of guanidine groups is 1. The number of amides is 1. The first-order valence-electron chi connectivity index (χ1n) is 7.87. The smallest absolute Gasteiger partial charge is 0.407 e. The monoisotopic (exact) mass is 314 g/mol. The van der Waals surface area contributed by atoms with Crippen LogP contribution in [0, 0.1) is 0 Å². The Morgan fingerprint density at radius 3 is 2.73 bits per heavy atom. The van der Waals surface area contributed by atoms with Crippen molar-refractivity contribution in [1.82, 2.24) is 15.5 Å². The number of hydrogen-bond donors (Lipinski definition) is 2. The molecule has 0 spiro atoms. The maximum absolute atomic E-state index is 11.8. The number of likely N-dealkylation sites (tertiary alicyclic amines) is 1. The summed E-state index contributed by atoms with van der Waals surface area (Å²) in [4.78, 5) is 18.5. The number of nitrogens with one attached hydrogen (secondary N) is 2. The van der Waals surface area contributed by atoms with Crippen LogP contribution in [0.2, 0.25) is 0 Å². The van der Waals surface area contributed by atoms with Crippen LogP contribution in [0.1, 0.15) is 34.1 Å². The summed E-state index contributed by atoms with van der Waals surface area (Å²) in [6.07, 6.45) is 0.522. The van der Waals surface area contributed by atoms with Crippen LogP contribution >= 0.6 is 0 Å². The minimum absolute atomic E-state index is 0.0844. The van der Waals surface area contributed by atoms with Gasteiger partial charge in [0, 0.05) is 26.7 Å². The Balaban J connectivity index is 2.48. The molecule has 1 amide bonds. The molecule has 7 heteroatoms. The molecule has 2 N–H and O–H groups in total. The van der Waals surface area contributed by atoms with Gasteiger partial charge in [-0.3, -0.25) is 4.99 Å². The van der Waals surface area contributed by atoms with E-state index in [-0.39, 0.29) is 12.1 Å². The largest absolute Gasteiger partial charge is 0.444 e. The fourth-order valence-corrected chi connectivity index (χ4v) is 2.21. The van der Waals surface area contributed by atoms with Crippen molar-refractivity contribution in [3.05, 3.63) is 0 Å². The number of methoxy groups -OCH3 is 1. The lowest BCUT2D eigenvalue weighted by molar-refractivity contribution is 0.0507. The molecule has 0 aliphatic carbocycles. The van der Waals surface area contributed by atoms with Crippen molar-refractivity contribution in [3.63, 3.8) is 0 Å². The number of rotatable bonds is 5. The second kappa shape index (κ2) is 8.82. The number of ether oxygens (including phenoxy) is 2. The summed E-state index contributed by atoms with van der Waals surface area (Å²) in [5.41, 5.74) is -0.473. The van der Waals surface area contributed by atoms with E-state index >= 15 is 0 Å². The van der Waals surface area contributed by atoms with Crippen molar-refractivity contribution >= 4 is 12.1 Å². The first kappa shape index (κ1) is 18.5. The molecule has 0 radical (unpaired) electrons. The highest BCUT2D eigenvalue weighted by atomic mass is 16.6. The van der Waals surface area contributed by atoms with Crippen LogP contribution < -0.4 is 10.6 Å². The highest BCUT2D eigenvalue weighted by Crippen LogP contribution is 2.12. The number of alkyl carbamates (subject to hydrolysis) is 1. The van der Waals surface area contributed by atoms with Gasteiger partial charge < -0.3 is 25.0 Å². The quantitative estimate of drug-likeness (QED) is 0.453. The molecule has 1 aliphatic rings. The fourth-order valence-electron chi connectivity index (χ4n) is 2.21. The molecule has 0 aromatic rings. The molecule has 0 aromatic carbocycles. The van der Waals surface area contributed by atoms with E-state index in [1.807, 2.05) is 27.7 Å². The molecule has 128 valence electrons. The summed E-state index contributed by atoms with van der Waals surface area (Å²) in [6, 6.07) is 0.0844. The third-order valence-electron chi connectivity index (χ3n) is 3.10. The molecule has 1 atom stereocenters. The second-order valence-electron chi connectivity index (χ2n) is 6.31. The lowest BCUT2D eigenvalue weighted by atomic mass is 10.2. The van der Waals surface area contributed by atoms with Crippen LogP contribution in [0.25, 0.3) is 0 Å². The van der Waals surface area contributed by atoms with Gasteiger partial charge in [0.05, 0.1) is 19.2 Å². The van der Waals surface area contributed by atoms with Gasteiger partial charge in [-0.05, 0) is 34.1 Å². The van der Waals surface area contributed by atoms with E-state index in [0.29, 0.717) is 13.2 Å². The van der Waals surface area contributed by atoms with Crippen molar-refractivity contribution in [2.24, 2.45) is 4.99 Å². The van der Waals surface area contributed by atoms with Crippen molar-refractivity contribution in [1.29, 1.82) is 0 Å². The summed E-state index contributed by atoms with van der Waals surface area (Å²) in [6.45, 7) is 11.3. The molecule has 7 nitrogen and oxygen atoms in total. The van der Waals surface area contributed by atoms with Gasteiger partial charge in [-0.25, -0.2) is 4.79 Å². The molecular formula is C15H30N4O3. The highest BCUT2D eigenvalue weighted by Gasteiger charge is 2.27. The molecule has 22 heavy (non-hydrogen) atoms. The van der Waals surface area contributed by atoms with E-state index in [4.69, 9.17) is 9.47 Å². The molecule has 1 saturated heterocycles. The van der Waals surface area contributed by atoms with Gasteiger partial charge in [0.2, 0.25) is 0 Å². The van der Waals surface area contributed by atoms with Gasteiger partial charge in [0.15, 0.2) is 5.96 Å². The van der Waals surface area contributed by atoms with Crippen LogP contribution in [0.15, 0.2) is 4.99 Å². The van der Waals surface area contributed by atoms with E-state index < -0.39 is 5.60 Å². The standard InChI is InChI=1S/C15H30N4O3/c1-6-16-13(17-8-10-21-5)19-9-7-12(11-19)18-14(20)22-15(2,3)4/h12H,6-11H2,1-5H3,(H,16,17)(H,18,20). The summed E-state index contributed by atoms with van der Waals surface area (Å²) in [5, 5.41) is 6.19. The SMILES string of the molecule is CCNC(=NCCOC)N1CCC(NC(=O)OC(C)(C)C)C1. The second-order valence-corrected chi connectivity index (χ2v) is 6.31. The Morgan fingerprint density at radius 1 is 1.41 bits per heavy atom. The van der Waals surface area contributed by atoms with E-state index in [2.05, 4.69) is 20.5 Å². The first-order chi connectivity index (χ1) is 10.4. The van der Waals surface area contributed by atoms with Gasteiger partial charge in [0.25, 0.3) is 0 Å². The van der Waals surface area contributed by atoms with Gasteiger partial charge in [-0.1, -0.05) is 0 Å². The molecule has 1 aliphatic heterocycles. The third-order valence-corrected chi connectivity index (χ3v) is 3.10. The molecular weight excluding hydrogens is 284 g/mol. The van der Waals surface area contributed by atoms with E-state index in [1.165, 1.54) is 0 Å². The summed E-state index contributed by atoms with van der Waals surface area (Å²) in [7, 11) is 1.67. The van der Waals surface area contributed by atoms with Crippen LogP contribution in [0.5, 0.6) is 0 Å². The average molecular weight is 314 g/mol. The van der Waals surface area contributed by atoms with Gasteiger partial charge in [0.1, 0.15) is 5.60 Å². The molecule has 0 aromatic heterocycles. The Labute approximate surface area is 133 Å². The Kier molecular flexibility index (Phi) is 7.44. The minimum atomic E-state index is -0.473. The van der Waals surface area contributed by atoms with Crippen LogP contribution in [-0.4, -0.2) is 68.5 Å². The predicted octanol–water partition coefficient (Wildman–Crippen LogP) is 1.20. The van der Waals surface area contributed by atoms with Crippen LogP contribution in [0.4, 0.5) is 4.79 Å². The molecule has 1 unspecified atom stereocenters. The van der Waals surface area contributed by atoms with Crippen molar-refractivity contribution in [2.75, 3.05) is 39.9 Å². The zero-order chi connectivity index (χ0) is 16.6. The lowest BCUT2D eigenvalue weighted by Gasteiger charge is -2.23. The number of hydrogen-bond acceptors (Lipinski definition) is 4. The third kappa shape index (κ3) is 6.98. The molecule has 1 heterocycles. The van der Waals surface area contributed by atoms with Gasteiger partial charge in [-0.15, -0.1) is 0 Å². The zero-order valence-corrected chi connectivity index (χ0v) is 14.4. The molecule has 0 saturated carbocycles. The van der Waals surface area contributed by atoms with Crippen molar-refractivity contribution in [2.45, 2.75) is 45.8 Å². The van der Waals surface area contributed by atoms with E-state index in [1.54, 1.807) is 7.11 Å². The Hall–Kier alpha value is -1.50. The number of carbonyl (C=O) groups is 1. The van der Waals surface area contributed by atoms with Gasteiger partial charge in [-0.2, -0.15) is 0 Å². The lowest BCUT2D eigenvalue weighted by Crippen LogP contribution is -2.44. The predicted molar refractivity (Wildman–Crippen MR) is 87.2 cm³/mol. The number of carbonyl (C=O) groups excluding carboxylic acids is 1. The molecule has 0 bridgehead atoms. The van der Waals surface area contributed by atoms with Crippen molar-refractivity contribution < 1.29 is 14.3 Å². The average Bonchev–Trinajstić information content (AvgIpc) is 2.84. The number of nitrogens with zero attached hydrogens (tertiary/aromatic N) is 2. The van der Waals surface area contributed by atoms with Crippen molar-refractivity contribution in [3.8, 4) is 0 Å². The number of aliphatic imine (C=N–C) groups is 1. The van der Waals surface area contributed by atoms with Crippen LogP contribution in [-0.2, 0) is 9.47 Å². The normalized spacial score (nSPS) is 19.2. The Bertz CT molecular complexity index is 379. The topological polar surface area (TPSA) is 75.2 Å². The molecule has 1 rings (SSSR count). The summed E-state index contributed by atoms with van der Waals surface area (Å²) >= 11 is 0. The summed E-state index contributed by atoms with van der Waals surface area (Å²) in [5.74, 6) is 0.869. The maximum Gasteiger partial charge on any atom is 0.407 e. The van der Waals surface area contributed by atoms with Gasteiger partial charge >= 0.3 is 6.09 Å². The molecule has 1 fully saturated rings. The minimum Gasteiger partial charge on any atom is -0.444 e. The Morgan fingerprint density at radius 2 is 2.14 bits per heavy atom. The zero-order valence-electron chi connectivity index (χ0n) is 14.4. The maximum atomic E-state index is 11.8.